The molecule has 0 unspecified atom stereocenters. The number of Topliss-reactive ketones (excluding diaryl/α,β-unsaturated/α-hetero) is 1. The van der Waals surface area contributed by atoms with Crippen molar-refractivity contribution in [2.24, 2.45) is 5.92 Å². The standard InChI is InChI=1S/C18H20N4O/c23-17(8-13-4-2-1-3-5-13)14-9-15(20-10-14)16-11-21-18-12-19-6-7-22(16)18/h6-7,9-13,20H,1-5,8H2. The maximum atomic E-state index is 12.5. The van der Waals surface area contributed by atoms with Crippen LogP contribution in [0.25, 0.3) is 17.0 Å². The molecule has 0 aromatic carbocycles. The van der Waals surface area contributed by atoms with Crippen LogP contribution in [0.15, 0.2) is 37.1 Å². The molecule has 118 valence electrons. The Labute approximate surface area is 134 Å². The van der Waals surface area contributed by atoms with Gasteiger partial charge in [-0.1, -0.05) is 32.1 Å². The molecule has 1 aliphatic rings. The van der Waals surface area contributed by atoms with Gasteiger partial charge in [0.1, 0.15) is 0 Å². The van der Waals surface area contributed by atoms with E-state index in [0.29, 0.717) is 12.3 Å². The minimum absolute atomic E-state index is 0.245. The van der Waals surface area contributed by atoms with Gasteiger partial charge in [-0.25, -0.2) is 4.98 Å². The molecule has 0 aliphatic heterocycles. The Balaban J connectivity index is 1.55. The lowest BCUT2D eigenvalue weighted by Gasteiger charge is -2.20. The van der Waals surface area contributed by atoms with Crippen molar-refractivity contribution in [3.8, 4) is 11.4 Å². The molecule has 3 aromatic heterocycles. The molecule has 4 rings (SSSR count). The molecule has 0 radical (unpaired) electrons. The Morgan fingerprint density at radius 3 is 3.00 bits per heavy atom. The van der Waals surface area contributed by atoms with Crippen LogP contribution in [-0.4, -0.2) is 25.1 Å². The lowest BCUT2D eigenvalue weighted by Crippen LogP contribution is -2.11. The molecule has 0 spiro atoms. The molecule has 0 bridgehead atoms. The lowest BCUT2D eigenvalue weighted by molar-refractivity contribution is 0.0950. The van der Waals surface area contributed by atoms with Crippen LogP contribution in [0.3, 0.4) is 0 Å². The summed E-state index contributed by atoms with van der Waals surface area (Å²) in [6.45, 7) is 0. The summed E-state index contributed by atoms with van der Waals surface area (Å²) < 4.78 is 1.97. The van der Waals surface area contributed by atoms with Gasteiger partial charge in [0, 0.05) is 30.6 Å². The first kappa shape index (κ1) is 14.2. The summed E-state index contributed by atoms with van der Waals surface area (Å²) in [5.41, 5.74) is 3.43. The summed E-state index contributed by atoms with van der Waals surface area (Å²) in [5, 5.41) is 0. The van der Waals surface area contributed by atoms with Crippen LogP contribution in [-0.2, 0) is 0 Å². The minimum Gasteiger partial charge on any atom is -0.359 e. The summed E-state index contributed by atoms with van der Waals surface area (Å²) in [6, 6.07) is 1.94. The smallest absolute Gasteiger partial charge is 0.164 e. The number of hydrogen-bond acceptors (Lipinski definition) is 3. The van der Waals surface area contributed by atoms with E-state index in [4.69, 9.17) is 0 Å². The lowest BCUT2D eigenvalue weighted by atomic mass is 9.85. The van der Waals surface area contributed by atoms with Crippen LogP contribution in [0.1, 0.15) is 48.9 Å². The third-order valence-electron chi connectivity index (χ3n) is 4.80. The second kappa shape index (κ2) is 5.99. The summed E-state index contributed by atoms with van der Waals surface area (Å²) >= 11 is 0. The number of rotatable bonds is 4. The highest BCUT2D eigenvalue weighted by Gasteiger charge is 2.19. The fourth-order valence-electron chi connectivity index (χ4n) is 3.52. The highest BCUT2D eigenvalue weighted by atomic mass is 16.1. The normalized spacial score (nSPS) is 16.0. The summed E-state index contributed by atoms with van der Waals surface area (Å²) in [5.74, 6) is 0.811. The van der Waals surface area contributed by atoms with Gasteiger partial charge in [-0.15, -0.1) is 0 Å². The number of imidazole rings is 1. The Morgan fingerprint density at radius 2 is 2.13 bits per heavy atom. The first-order chi connectivity index (χ1) is 11.3. The molecule has 5 heteroatoms. The number of aromatic nitrogens is 4. The van der Waals surface area contributed by atoms with Gasteiger partial charge in [0.25, 0.3) is 0 Å². The monoisotopic (exact) mass is 308 g/mol. The highest BCUT2D eigenvalue weighted by Crippen LogP contribution is 2.28. The molecular weight excluding hydrogens is 288 g/mol. The molecular formula is C18H20N4O. The summed E-state index contributed by atoms with van der Waals surface area (Å²) in [4.78, 5) is 24.1. The number of H-pyrrole nitrogens is 1. The molecule has 1 N–H and O–H groups in total. The third kappa shape index (κ3) is 2.79. The molecule has 1 aliphatic carbocycles. The zero-order valence-corrected chi connectivity index (χ0v) is 13.0. The molecule has 0 atom stereocenters. The van der Waals surface area contributed by atoms with Gasteiger partial charge >= 0.3 is 0 Å². The summed E-state index contributed by atoms with van der Waals surface area (Å²) in [6.07, 6.45) is 15.9. The third-order valence-corrected chi connectivity index (χ3v) is 4.80. The zero-order valence-electron chi connectivity index (χ0n) is 13.0. The van der Waals surface area contributed by atoms with E-state index >= 15 is 0 Å². The van der Waals surface area contributed by atoms with Gasteiger partial charge in [0.05, 0.1) is 23.8 Å². The van der Waals surface area contributed by atoms with E-state index < -0.39 is 0 Å². The van der Waals surface area contributed by atoms with E-state index in [9.17, 15) is 4.79 Å². The number of nitrogens with one attached hydrogen (secondary N) is 1. The number of ketones is 1. The van der Waals surface area contributed by atoms with E-state index in [1.165, 1.54) is 32.1 Å². The molecule has 0 saturated heterocycles. The van der Waals surface area contributed by atoms with Crippen molar-refractivity contribution in [2.45, 2.75) is 38.5 Å². The molecule has 1 fully saturated rings. The van der Waals surface area contributed by atoms with Crippen LogP contribution in [0.2, 0.25) is 0 Å². The molecule has 3 aromatic rings. The highest BCUT2D eigenvalue weighted by molar-refractivity contribution is 5.97. The Kier molecular flexibility index (Phi) is 3.69. The number of hydrogen-bond donors (Lipinski definition) is 1. The maximum absolute atomic E-state index is 12.5. The van der Waals surface area contributed by atoms with Crippen molar-refractivity contribution in [3.05, 3.63) is 42.6 Å². The SMILES string of the molecule is O=C(CC1CCCCC1)c1c[nH]c(-c2cnc3cnccn23)c1. The Bertz CT molecular complexity index is 826. The quantitative estimate of drug-likeness (QED) is 0.744. The van der Waals surface area contributed by atoms with Gasteiger partial charge in [-0.3, -0.25) is 14.2 Å². The molecule has 3 heterocycles. The van der Waals surface area contributed by atoms with Crippen molar-refractivity contribution in [3.63, 3.8) is 0 Å². The first-order valence-corrected chi connectivity index (χ1v) is 8.30. The first-order valence-electron chi connectivity index (χ1n) is 8.30. The van der Waals surface area contributed by atoms with E-state index in [0.717, 1.165) is 22.6 Å². The fraction of sp³-hybridized carbons (Fsp3) is 0.389. The number of carbonyl (C=O) groups excluding carboxylic acids is 1. The van der Waals surface area contributed by atoms with E-state index in [-0.39, 0.29) is 5.78 Å². The second-order valence-corrected chi connectivity index (χ2v) is 6.38. The fourth-order valence-corrected chi connectivity index (χ4v) is 3.52. The van der Waals surface area contributed by atoms with E-state index in [2.05, 4.69) is 15.0 Å². The van der Waals surface area contributed by atoms with Gasteiger partial charge < -0.3 is 4.98 Å². The van der Waals surface area contributed by atoms with Crippen molar-refractivity contribution in [1.29, 1.82) is 0 Å². The predicted octanol–water partition coefficient (Wildman–Crippen LogP) is 3.88. The Hall–Kier alpha value is -2.43. The van der Waals surface area contributed by atoms with Crippen LogP contribution < -0.4 is 0 Å². The van der Waals surface area contributed by atoms with Gasteiger partial charge in [-0.05, 0) is 12.0 Å². The predicted molar refractivity (Wildman–Crippen MR) is 88.3 cm³/mol. The van der Waals surface area contributed by atoms with Crippen molar-refractivity contribution >= 4 is 11.4 Å². The number of fused-ring (bicyclic) bond motifs is 1. The average molecular weight is 308 g/mol. The van der Waals surface area contributed by atoms with E-state index in [1.54, 1.807) is 18.6 Å². The second-order valence-electron chi connectivity index (χ2n) is 6.38. The number of aromatic amines is 1. The molecule has 23 heavy (non-hydrogen) atoms. The topological polar surface area (TPSA) is 63.0 Å². The Morgan fingerprint density at radius 1 is 1.26 bits per heavy atom. The van der Waals surface area contributed by atoms with Crippen molar-refractivity contribution in [2.75, 3.05) is 0 Å². The molecule has 1 saturated carbocycles. The maximum Gasteiger partial charge on any atom is 0.164 e. The largest absolute Gasteiger partial charge is 0.359 e. The van der Waals surface area contributed by atoms with Crippen LogP contribution in [0.5, 0.6) is 0 Å². The minimum atomic E-state index is 0.245. The van der Waals surface area contributed by atoms with Gasteiger partial charge in [-0.2, -0.15) is 0 Å². The summed E-state index contributed by atoms with van der Waals surface area (Å²) in [7, 11) is 0. The van der Waals surface area contributed by atoms with Crippen LogP contribution in [0.4, 0.5) is 0 Å². The van der Waals surface area contributed by atoms with Crippen molar-refractivity contribution < 1.29 is 4.79 Å². The zero-order chi connectivity index (χ0) is 15.6. The average Bonchev–Trinajstić information content (AvgIpc) is 3.22. The number of carbonyl (C=O) groups is 1. The van der Waals surface area contributed by atoms with Gasteiger partial charge in [0.15, 0.2) is 11.4 Å². The van der Waals surface area contributed by atoms with Crippen LogP contribution in [0, 0.1) is 5.92 Å². The van der Waals surface area contributed by atoms with Crippen LogP contribution >= 0.6 is 0 Å². The van der Waals surface area contributed by atoms with Gasteiger partial charge in [0.2, 0.25) is 0 Å². The van der Waals surface area contributed by atoms with Crippen molar-refractivity contribution in [1.82, 2.24) is 19.4 Å². The van der Waals surface area contributed by atoms with E-state index in [1.807, 2.05) is 22.9 Å². The molecule has 5 nitrogen and oxygen atoms in total. The molecule has 0 amide bonds. The number of nitrogens with zero attached hydrogens (tertiary/aromatic N) is 3.